The Balaban J connectivity index is 2.20. The van der Waals surface area contributed by atoms with Crippen LogP contribution in [0.15, 0.2) is 18.2 Å². The molecule has 0 atom stereocenters. The average molecular weight is 273 g/mol. The average Bonchev–Trinajstić information content (AvgIpc) is 2.31. The molecule has 1 fully saturated rings. The molecule has 1 aliphatic rings. The largest absolute Gasteiger partial charge is 0.493 e. The van der Waals surface area contributed by atoms with Gasteiger partial charge < -0.3 is 9.31 Å². The molecule has 80 valence electrons. The van der Waals surface area contributed by atoms with Crippen molar-refractivity contribution in [3.05, 3.63) is 29.6 Å². The van der Waals surface area contributed by atoms with Gasteiger partial charge in [-0.2, -0.15) is 0 Å². The lowest BCUT2D eigenvalue weighted by Gasteiger charge is -2.20. The van der Waals surface area contributed by atoms with Gasteiger partial charge in [-0.05, 0) is 23.5 Å². The molecule has 0 aliphatic carbocycles. The van der Waals surface area contributed by atoms with Crippen LogP contribution in [-0.4, -0.2) is 20.3 Å². The quantitative estimate of drug-likeness (QED) is 0.604. The maximum absolute atomic E-state index is 13.2. The summed E-state index contributed by atoms with van der Waals surface area (Å²) in [6.45, 7) is 1.40. The minimum Gasteiger partial charge on any atom is -0.407 e. The van der Waals surface area contributed by atoms with E-state index in [0.29, 0.717) is 24.1 Å². The van der Waals surface area contributed by atoms with Gasteiger partial charge in [-0.25, -0.2) is 4.39 Å². The molecule has 0 spiro atoms. The molecule has 5 heteroatoms. The Hall–Kier alpha value is -0.385. The second kappa shape index (κ2) is 5.10. The second-order valence-electron chi connectivity index (χ2n) is 3.41. The number of benzene rings is 1. The maximum atomic E-state index is 13.2. The van der Waals surface area contributed by atoms with Crippen LogP contribution in [0, 0.1) is 5.82 Å². The Morgan fingerprint density at radius 1 is 1.33 bits per heavy atom. The third kappa shape index (κ3) is 2.59. The van der Waals surface area contributed by atoms with Crippen molar-refractivity contribution in [2.75, 3.05) is 13.2 Å². The van der Waals surface area contributed by atoms with Crippen LogP contribution in [0.25, 0.3) is 0 Å². The smallest absolute Gasteiger partial charge is 0.407 e. The highest BCUT2D eigenvalue weighted by Gasteiger charge is 2.24. The van der Waals surface area contributed by atoms with E-state index in [-0.39, 0.29) is 12.9 Å². The van der Waals surface area contributed by atoms with Gasteiger partial charge in [0.05, 0.1) is 0 Å². The van der Waals surface area contributed by atoms with Crippen LogP contribution in [0.2, 0.25) is 0 Å². The number of halogens is 2. The predicted molar refractivity (Wildman–Crippen MR) is 60.9 cm³/mol. The maximum Gasteiger partial charge on any atom is 0.493 e. The van der Waals surface area contributed by atoms with Crippen molar-refractivity contribution in [3.63, 3.8) is 0 Å². The molecule has 0 bridgehead atoms. The predicted octanol–water partition coefficient (Wildman–Crippen LogP) is 1.85. The topological polar surface area (TPSA) is 18.5 Å². The van der Waals surface area contributed by atoms with E-state index in [9.17, 15) is 4.39 Å². The van der Waals surface area contributed by atoms with Crippen molar-refractivity contribution in [2.45, 2.75) is 11.8 Å². The lowest BCUT2D eigenvalue weighted by molar-refractivity contribution is 0.143. The summed E-state index contributed by atoms with van der Waals surface area (Å²) < 4.78 is 24.1. The molecule has 0 unspecified atom stereocenters. The molecule has 1 saturated heterocycles. The molecule has 15 heavy (non-hydrogen) atoms. The third-order valence-corrected chi connectivity index (χ3v) is 2.92. The van der Waals surface area contributed by atoms with Crippen LogP contribution >= 0.6 is 15.9 Å². The van der Waals surface area contributed by atoms with E-state index >= 15 is 0 Å². The van der Waals surface area contributed by atoms with Crippen LogP contribution in [0.4, 0.5) is 4.39 Å². The summed E-state index contributed by atoms with van der Waals surface area (Å²) in [6.07, 6.45) is 0.920. The van der Waals surface area contributed by atoms with Crippen LogP contribution in [0.1, 0.15) is 12.0 Å². The Labute approximate surface area is 97.0 Å². The monoisotopic (exact) mass is 272 g/mol. The molecule has 0 amide bonds. The first-order valence-electron chi connectivity index (χ1n) is 4.89. The molecule has 1 aliphatic heterocycles. The van der Waals surface area contributed by atoms with Gasteiger partial charge in [0.15, 0.2) is 0 Å². The minimum atomic E-state index is -0.336. The van der Waals surface area contributed by atoms with E-state index in [1.165, 1.54) is 6.07 Å². The van der Waals surface area contributed by atoms with Crippen LogP contribution in [-0.2, 0) is 14.6 Å². The number of rotatable bonds is 2. The summed E-state index contributed by atoms with van der Waals surface area (Å²) in [6, 6.07) is 4.94. The molecule has 0 N–H and O–H groups in total. The Bertz CT molecular complexity index is 342. The van der Waals surface area contributed by atoms with Crippen molar-refractivity contribution in [3.8, 4) is 0 Å². The van der Waals surface area contributed by atoms with E-state index in [0.717, 1.165) is 11.9 Å². The summed E-state index contributed by atoms with van der Waals surface area (Å²) in [4.78, 5) is 0. The highest BCUT2D eigenvalue weighted by Crippen LogP contribution is 2.11. The van der Waals surface area contributed by atoms with Gasteiger partial charge in [0.25, 0.3) is 0 Å². The van der Waals surface area contributed by atoms with E-state index in [1.807, 2.05) is 0 Å². The normalized spacial score (nSPS) is 16.8. The molecular formula is C10H11BBrFO2. The van der Waals surface area contributed by atoms with Crippen molar-refractivity contribution in [2.24, 2.45) is 0 Å². The first-order valence-corrected chi connectivity index (χ1v) is 6.01. The summed E-state index contributed by atoms with van der Waals surface area (Å²) in [5.74, 6) is -0.202. The van der Waals surface area contributed by atoms with Crippen LogP contribution in [0.3, 0.4) is 0 Å². The van der Waals surface area contributed by atoms with Crippen LogP contribution < -0.4 is 5.46 Å². The lowest BCUT2D eigenvalue weighted by atomic mass is 9.77. The minimum absolute atomic E-state index is 0.202. The van der Waals surface area contributed by atoms with Crippen molar-refractivity contribution >= 4 is 28.5 Å². The fraction of sp³-hybridized carbons (Fsp3) is 0.400. The first kappa shape index (κ1) is 11.1. The zero-order chi connectivity index (χ0) is 10.7. The lowest BCUT2D eigenvalue weighted by Crippen LogP contribution is -2.41. The fourth-order valence-corrected chi connectivity index (χ4v) is 1.95. The zero-order valence-corrected chi connectivity index (χ0v) is 9.80. The zero-order valence-electron chi connectivity index (χ0n) is 8.21. The summed E-state index contributed by atoms with van der Waals surface area (Å²) in [7, 11) is -0.336. The number of hydrogen-bond acceptors (Lipinski definition) is 2. The SMILES string of the molecule is Fc1ccc(B2OCCCO2)cc1CBr. The van der Waals surface area contributed by atoms with Gasteiger partial charge in [-0.15, -0.1) is 0 Å². The second-order valence-corrected chi connectivity index (χ2v) is 3.97. The third-order valence-electron chi connectivity index (χ3n) is 2.31. The van der Waals surface area contributed by atoms with Crippen molar-refractivity contribution < 1.29 is 13.7 Å². The summed E-state index contributed by atoms with van der Waals surface area (Å²) in [5, 5.41) is 0.499. The molecule has 2 nitrogen and oxygen atoms in total. The summed E-state index contributed by atoms with van der Waals surface area (Å²) in [5.41, 5.74) is 1.51. The molecule has 1 aromatic carbocycles. The highest BCUT2D eigenvalue weighted by atomic mass is 79.9. The van der Waals surface area contributed by atoms with Crippen molar-refractivity contribution in [1.82, 2.24) is 0 Å². The van der Waals surface area contributed by atoms with Gasteiger partial charge >= 0.3 is 7.12 Å². The molecule has 0 radical (unpaired) electrons. The van der Waals surface area contributed by atoms with E-state index in [4.69, 9.17) is 9.31 Å². The molecule has 0 saturated carbocycles. The molecule has 1 heterocycles. The van der Waals surface area contributed by atoms with Gasteiger partial charge in [0.2, 0.25) is 0 Å². The molecule has 1 aromatic rings. The van der Waals surface area contributed by atoms with Gasteiger partial charge in [-0.1, -0.05) is 28.1 Å². The highest BCUT2D eigenvalue weighted by molar-refractivity contribution is 9.08. The van der Waals surface area contributed by atoms with E-state index in [1.54, 1.807) is 12.1 Å². The van der Waals surface area contributed by atoms with Gasteiger partial charge in [0.1, 0.15) is 5.82 Å². The number of alkyl halides is 1. The Morgan fingerprint density at radius 3 is 2.73 bits per heavy atom. The van der Waals surface area contributed by atoms with E-state index in [2.05, 4.69) is 15.9 Å². The molecular weight excluding hydrogens is 262 g/mol. The summed E-state index contributed by atoms with van der Waals surface area (Å²) >= 11 is 3.24. The molecule has 0 aromatic heterocycles. The fourth-order valence-electron chi connectivity index (χ4n) is 1.52. The van der Waals surface area contributed by atoms with Gasteiger partial charge in [-0.3, -0.25) is 0 Å². The standard InChI is InChI=1S/C10H11BBrFO2/c12-7-8-6-9(2-3-10(8)13)11-14-4-1-5-15-11/h2-3,6H,1,4-5,7H2. The van der Waals surface area contributed by atoms with Crippen molar-refractivity contribution in [1.29, 1.82) is 0 Å². The number of hydrogen-bond donors (Lipinski definition) is 0. The molecule has 2 rings (SSSR count). The first-order chi connectivity index (χ1) is 7.31. The van der Waals surface area contributed by atoms with Crippen LogP contribution in [0.5, 0.6) is 0 Å². The van der Waals surface area contributed by atoms with Gasteiger partial charge in [0, 0.05) is 18.5 Å². The Morgan fingerprint density at radius 2 is 2.07 bits per heavy atom. The Kier molecular flexibility index (Phi) is 3.78. The van der Waals surface area contributed by atoms with E-state index < -0.39 is 0 Å².